The molecule has 1 aromatic heterocycles. The van der Waals surface area contributed by atoms with Crippen molar-refractivity contribution in [2.45, 2.75) is 31.3 Å². The lowest BCUT2D eigenvalue weighted by molar-refractivity contribution is 0.208. The van der Waals surface area contributed by atoms with Crippen molar-refractivity contribution in [3.8, 4) is 0 Å². The van der Waals surface area contributed by atoms with Crippen molar-refractivity contribution < 1.29 is 4.84 Å². The first-order valence-electron chi connectivity index (χ1n) is 9.04. The lowest BCUT2D eigenvalue weighted by Crippen LogP contribution is -2.47. The highest BCUT2D eigenvalue weighted by Crippen LogP contribution is 2.22. The lowest BCUT2D eigenvalue weighted by atomic mass is 9.88. The molecule has 0 amide bonds. The third-order valence-electron chi connectivity index (χ3n) is 4.88. The van der Waals surface area contributed by atoms with Crippen LogP contribution in [0.5, 0.6) is 0 Å². The number of benzene rings is 1. The second kappa shape index (κ2) is 9.05. The van der Waals surface area contributed by atoms with Crippen LogP contribution in [0, 0.1) is 0 Å². The lowest BCUT2D eigenvalue weighted by Gasteiger charge is -2.28. The van der Waals surface area contributed by atoms with Crippen LogP contribution in [0.25, 0.3) is 0 Å². The van der Waals surface area contributed by atoms with Crippen molar-refractivity contribution in [1.29, 1.82) is 0 Å². The molecule has 2 atom stereocenters. The molecule has 0 bridgehead atoms. The number of aryl methyl sites for hydroxylation is 1. The number of fused-ring (bicyclic) bond motifs is 1. The molecule has 0 spiro atoms. The molecule has 2 N–H and O–H groups in total. The SMILES string of the molecule is CON=C(NCC(c1ccsc1)N(C)C)NC1CCc2ccccc2C1. The van der Waals surface area contributed by atoms with Crippen LogP contribution in [0.4, 0.5) is 0 Å². The molecule has 1 aliphatic rings. The third kappa shape index (κ3) is 4.77. The number of rotatable bonds is 6. The van der Waals surface area contributed by atoms with E-state index >= 15 is 0 Å². The van der Waals surface area contributed by atoms with Gasteiger partial charge in [-0.25, -0.2) is 0 Å². The van der Waals surface area contributed by atoms with Gasteiger partial charge in [0.05, 0.1) is 6.04 Å². The van der Waals surface area contributed by atoms with E-state index in [0.29, 0.717) is 12.0 Å². The Balaban J connectivity index is 1.60. The first kappa shape index (κ1) is 18.7. The van der Waals surface area contributed by atoms with Gasteiger partial charge in [0.2, 0.25) is 5.96 Å². The minimum absolute atomic E-state index is 0.289. The molecule has 6 heteroatoms. The van der Waals surface area contributed by atoms with E-state index in [1.165, 1.54) is 16.7 Å². The van der Waals surface area contributed by atoms with Gasteiger partial charge in [-0.2, -0.15) is 11.3 Å². The zero-order valence-electron chi connectivity index (χ0n) is 15.7. The predicted octanol–water partition coefficient (Wildman–Crippen LogP) is 3.00. The van der Waals surface area contributed by atoms with E-state index < -0.39 is 0 Å². The summed E-state index contributed by atoms with van der Waals surface area (Å²) in [5.41, 5.74) is 4.21. The number of nitrogens with one attached hydrogen (secondary N) is 2. The summed E-state index contributed by atoms with van der Waals surface area (Å²) in [7, 11) is 5.78. The molecular formula is C20H28N4OS. The van der Waals surface area contributed by atoms with Gasteiger partial charge in [-0.05, 0) is 72.0 Å². The summed E-state index contributed by atoms with van der Waals surface area (Å²) in [5, 5.41) is 15.5. The Morgan fingerprint density at radius 1 is 1.31 bits per heavy atom. The number of likely N-dealkylation sites (N-methyl/N-ethyl adjacent to an activating group) is 1. The maximum absolute atomic E-state index is 5.05. The fourth-order valence-corrected chi connectivity index (χ4v) is 4.18. The molecule has 0 radical (unpaired) electrons. The van der Waals surface area contributed by atoms with Gasteiger partial charge in [-0.3, -0.25) is 0 Å². The summed E-state index contributed by atoms with van der Waals surface area (Å²) in [4.78, 5) is 7.27. The monoisotopic (exact) mass is 372 g/mol. The first-order valence-corrected chi connectivity index (χ1v) is 9.98. The van der Waals surface area contributed by atoms with Gasteiger partial charge in [0.1, 0.15) is 7.11 Å². The van der Waals surface area contributed by atoms with Gasteiger partial charge in [0.15, 0.2) is 0 Å². The highest BCUT2D eigenvalue weighted by molar-refractivity contribution is 7.07. The number of thiophene rings is 1. The van der Waals surface area contributed by atoms with E-state index in [2.05, 4.69) is 75.9 Å². The van der Waals surface area contributed by atoms with Gasteiger partial charge in [-0.15, -0.1) is 0 Å². The zero-order valence-corrected chi connectivity index (χ0v) is 16.6. The molecule has 5 nitrogen and oxygen atoms in total. The molecule has 0 saturated carbocycles. The van der Waals surface area contributed by atoms with Crippen molar-refractivity contribution in [3.05, 3.63) is 57.8 Å². The van der Waals surface area contributed by atoms with Crippen molar-refractivity contribution in [2.75, 3.05) is 27.7 Å². The number of nitrogens with zero attached hydrogens (tertiary/aromatic N) is 2. The molecular weight excluding hydrogens is 344 g/mol. The molecule has 1 heterocycles. The smallest absolute Gasteiger partial charge is 0.233 e. The van der Waals surface area contributed by atoms with Gasteiger partial charge in [0.25, 0.3) is 0 Å². The Hall–Kier alpha value is -2.05. The summed E-state index contributed by atoms with van der Waals surface area (Å²) < 4.78 is 0. The van der Waals surface area contributed by atoms with Crippen LogP contribution in [0.3, 0.4) is 0 Å². The topological polar surface area (TPSA) is 48.9 Å². The van der Waals surface area contributed by atoms with Gasteiger partial charge in [-0.1, -0.05) is 24.3 Å². The molecule has 0 saturated heterocycles. The van der Waals surface area contributed by atoms with Crippen LogP contribution in [0.15, 0.2) is 46.2 Å². The Bertz CT molecular complexity index is 714. The Morgan fingerprint density at radius 3 is 2.81 bits per heavy atom. The number of hydrogen-bond acceptors (Lipinski definition) is 4. The Morgan fingerprint density at radius 2 is 2.12 bits per heavy atom. The van der Waals surface area contributed by atoms with E-state index in [1.54, 1.807) is 18.4 Å². The summed E-state index contributed by atoms with van der Waals surface area (Å²) >= 11 is 1.73. The number of oxime groups is 1. The number of hydrogen-bond donors (Lipinski definition) is 2. The highest BCUT2D eigenvalue weighted by Gasteiger charge is 2.20. The van der Waals surface area contributed by atoms with Crippen LogP contribution >= 0.6 is 11.3 Å². The standard InChI is InChI=1S/C20H28N4OS/c1-24(2)19(17-10-11-26-14-17)13-21-20(23-25-3)22-18-9-8-15-6-4-5-7-16(15)12-18/h4-7,10-11,14,18-19H,8-9,12-13H2,1-3H3,(H2,21,22,23). The maximum Gasteiger partial charge on any atom is 0.233 e. The molecule has 140 valence electrons. The molecule has 0 aliphatic heterocycles. The second-order valence-electron chi connectivity index (χ2n) is 6.89. The zero-order chi connectivity index (χ0) is 18.4. The average Bonchev–Trinajstić information content (AvgIpc) is 3.16. The van der Waals surface area contributed by atoms with E-state index in [1.807, 2.05) is 0 Å². The van der Waals surface area contributed by atoms with Gasteiger partial charge < -0.3 is 20.4 Å². The Labute approximate surface area is 160 Å². The maximum atomic E-state index is 5.05. The second-order valence-corrected chi connectivity index (χ2v) is 7.67. The molecule has 2 unspecified atom stereocenters. The third-order valence-corrected chi connectivity index (χ3v) is 5.59. The normalized spacial score (nSPS) is 18.3. The fraction of sp³-hybridized carbons (Fsp3) is 0.450. The Kier molecular flexibility index (Phi) is 6.52. The number of guanidine groups is 1. The summed E-state index contributed by atoms with van der Waals surface area (Å²) in [6.07, 6.45) is 3.22. The molecule has 2 aromatic rings. The molecule has 3 rings (SSSR count). The minimum atomic E-state index is 0.289. The fourth-order valence-electron chi connectivity index (χ4n) is 3.47. The van der Waals surface area contributed by atoms with E-state index in [9.17, 15) is 0 Å². The van der Waals surface area contributed by atoms with E-state index in [0.717, 1.165) is 25.8 Å². The average molecular weight is 373 g/mol. The molecule has 26 heavy (non-hydrogen) atoms. The van der Waals surface area contributed by atoms with Crippen molar-refractivity contribution in [1.82, 2.24) is 15.5 Å². The van der Waals surface area contributed by atoms with Crippen LogP contribution in [-0.4, -0.2) is 44.7 Å². The van der Waals surface area contributed by atoms with Gasteiger partial charge in [0, 0.05) is 12.6 Å². The minimum Gasteiger partial charge on any atom is -0.396 e. The summed E-state index contributed by atoms with van der Waals surface area (Å²) in [6, 6.07) is 11.5. The summed E-state index contributed by atoms with van der Waals surface area (Å²) in [6.45, 7) is 0.766. The first-order chi connectivity index (χ1) is 12.7. The van der Waals surface area contributed by atoms with E-state index in [4.69, 9.17) is 4.84 Å². The van der Waals surface area contributed by atoms with Crippen molar-refractivity contribution in [3.63, 3.8) is 0 Å². The highest BCUT2D eigenvalue weighted by atomic mass is 32.1. The molecule has 1 aliphatic carbocycles. The van der Waals surface area contributed by atoms with Crippen LogP contribution in [0.1, 0.15) is 29.2 Å². The van der Waals surface area contributed by atoms with Crippen molar-refractivity contribution >= 4 is 17.3 Å². The predicted molar refractivity (Wildman–Crippen MR) is 109 cm³/mol. The molecule has 1 aromatic carbocycles. The summed E-state index contributed by atoms with van der Waals surface area (Å²) in [5.74, 6) is 0.707. The van der Waals surface area contributed by atoms with Crippen LogP contribution < -0.4 is 10.6 Å². The van der Waals surface area contributed by atoms with Gasteiger partial charge >= 0.3 is 0 Å². The van der Waals surface area contributed by atoms with Crippen molar-refractivity contribution in [2.24, 2.45) is 5.16 Å². The van der Waals surface area contributed by atoms with Crippen LogP contribution in [0.2, 0.25) is 0 Å². The molecule has 0 fully saturated rings. The largest absolute Gasteiger partial charge is 0.396 e. The quantitative estimate of drug-likeness (QED) is 0.465. The van der Waals surface area contributed by atoms with E-state index in [-0.39, 0.29) is 6.04 Å². The van der Waals surface area contributed by atoms with Crippen LogP contribution in [-0.2, 0) is 17.7 Å².